The standard InChI is InChI=1S/C20H28N4OS.ClH/c1-4-16-6-8-17(9-7-16)19-12-21-10-11-23(19)13-18-14-26-20(22-18)24(5-2)15(3)25;/h6-9,14,19,21H,4-5,10-13H2,1-3H3;1H. The van der Waals surface area contributed by atoms with Crippen molar-refractivity contribution in [2.75, 3.05) is 31.1 Å². The Kier molecular flexibility index (Phi) is 8.23. The van der Waals surface area contributed by atoms with Gasteiger partial charge < -0.3 is 5.32 Å². The van der Waals surface area contributed by atoms with Crippen molar-refractivity contribution in [3.05, 3.63) is 46.5 Å². The van der Waals surface area contributed by atoms with E-state index in [1.54, 1.807) is 23.2 Å². The lowest BCUT2D eigenvalue weighted by Gasteiger charge is -2.36. The van der Waals surface area contributed by atoms with Crippen molar-refractivity contribution in [1.29, 1.82) is 0 Å². The van der Waals surface area contributed by atoms with Crippen LogP contribution in [-0.2, 0) is 17.8 Å². The normalized spacial score (nSPS) is 17.4. The summed E-state index contributed by atoms with van der Waals surface area (Å²) < 4.78 is 0. The lowest BCUT2D eigenvalue weighted by Crippen LogP contribution is -2.45. The molecule has 0 bridgehead atoms. The van der Waals surface area contributed by atoms with E-state index in [0.717, 1.165) is 43.4 Å². The van der Waals surface area contributed by atoms with E-state index in [9.17, 15) is 4.79 Å². The van der Waals surface area contributed by atoms with Gasteiger partial charge in [0.25, 0.3) is 0 Å². The maximum Gasteiger partial charge on any atom is 0.225 e. The van der Waals surface area contributed by atoms with Crippen molar-refractivity contribution < 1.29 is 4.79 Å². The van der Waals surface area contributed by atoms with Gasteiger partial charge in [-0.3, -0.25) is 14.6 Å². The van der Waals surface area contributed by atoms with Crippen molar-refractivity contribution in [1.82, 2.24) is 15.2 Å². The van der Waals surface area contributed by atoms with Crippen LogP contribution in [0.2, 0.25) is 0 Å². The van der Waals surface area contributed by atoms with Crippen LogP contribution in [0.3, 0.4) is 0 Å². The molecule has 7 heteroatoms. The Balaban J connectivity index is 0.00000261. The van der Waals surface area contributed by atoms with E-state index in [1.807, 2.05) is 6.92 Å². The van der Waals surface area contributed by atoms with Gasteiger partial charge in [0.15, 0.2) is 5.13 Å². The number of nitrogens with one attached hydrogen (secondary N) is 1. The van der Waals surface area contributed by atoms with E-state index in [0.29, 0.717) is 12.6 Å². The number of carbonyl (C=O) groups excluding carboxylic acids is 1. The molecule has 1 atom stereocenters. The van der Waals surface area contributed by atoms with E-state index >= 15 is 0 Å². The molecule has 1 aromatic carbocycles. The molecular weight excluding hydrogens is 380 g/mol. The van der Waals surface area contributed by atoms with Crippen molar-refractivity contribution in [2.45, 2.75) is 39.8 Å². The minimum Gasteiger partial charge on any atom is -0.314 e. The first-order valence-electron chi connectivity index (χ1n) is 9.38. The van der Waals surface area contributed by atoms with Crippen LogP contribution >= 0.6 is 23.7 Å². The molecule has 27 heavy (non-hydrogen) atoms. The molecule has 1 unspecified atom stereocenters. The molecule has 0 radical (unpaired) electrons. The van der Waals surface area contributed by atoms with Crippen LogP contribution in [0.15, 0.2) is 29.6 Å². The topological polar surface area (TPSA) is 48.5 Å². The number of rotatable bonds is 6. The first kappa shape index (κ1) is 21.8. The molecular formula is C20H29ClN4OS. The van der Waals surface area contributed by atoms with Gasteiger partial charge in [-0.1, -0.05) is 31.2 Å². The van der Waals surface area contributed by atoms with Crippen LogP contribution in [0.5, 0.6) is 0 Å². The Bertz CT molecular complexity index is 734. The van der Waals surface area contributed by atoms with Crippen LogP contribution < -0.4 is 10.2 Å². The number of aromatic nitrogens is 1. The van der Waals surface area contributed by atoms with E-state index in [4.69, 9.17) is 4.98 Å². The molecule has 2 heterocycles. The molecule has 0 saturated carbocycles. The fraction of sp³-hybridized carbons (Fsp3) is 0.500. The number of hydrogen-bond acceptors (Lipinski definition) is 5. The summed E-state index contributed by atoms with van der Waals surface area (Å²) in [7, 11) is 0. The molecule has 148 valence electrons. The zero-order valence-electron chi connectivity index (χ0n) is 16.3. The molecule has 1 aliphatic heterocycles. The number of carbonyl (C=O) groups is 1. The van der Waals surface area contributed by atoms with Gasteiger partial charge in [-0.2, -0.15) is 0 Å². The van der Waals surface area contributed by atoms with Crippen LogP contribution in [-0.4, -0.2) is 42.0 Å². The highest BCUT2D eigenvalue weighted by Crippen LogP contribution is 2.27. The van der Waals surface area contributed by atoms with E-state index in [2.05, 4.69) is 46.8 Å². The monoisotopic (exact) mass is 408 g/mol. The zero-order valence-corrected chi connectivity index (χ0v) is 17.9. The average molecular weight is 409 g/mol. The third-order valence-electron chi connectivity index (χ3n) is 4.96. The average Bonchev–Trinajstić information content (AvgIpc) is 3.10. The Morgan fingerprint density at radius 1 is 1.33 bits per heavy atom. The molecule has 1 saturated heterocycles. The number of hydrogen-bond donors (Lipinski definition) is 1. The van der Waals surface area contributed by atoms with Crippen LogP contribution in [0.1, 0.15) is 43.6 Å². The molecule has 1 aromatic heterocycles. The number of piperazine rings is 1. The predicted octanol–water partition coefficient (Wildman–Crippen LogP) is 3.65. The fourth-order valence-electron chi connectivity index (χ4n) is 3.43. The number of aryl methyl sites for hydroxylation is 1. The number of nitrogens with zero attached hydrogens (tertiary/aromatic N) is 3. The zero-order chi connectivity index (χ0) is 18.5. The molecule has 2 aromatic rings. The second kappa shape index (κ2) is 10.2. The Labute approximate surface area is 172 Å². The SMILES string of the molecule is CCc1ccc(C2CNCCN2Cc2csc(N(CC)C(C)=O)n2)cc1.Cl. The van der Waals surface area contributed by atoms with E-state index in [-0.39, 0.29) is 18.3 Å². The summed E-state index contributed by atoms with van der Waals surface area (Å²) in [6.07, 6.45) is 1.07. The minimum atomic E-state index is 0. The molecule has 0 aliphatic carbocycles. The van der Waals surface area contributed by atoms with Crippen molar-refractivity contribution >= 4 is 34.8 Å². The number of anilines is 1. The second-order valence-electron chi connectivity index (χ2n) is 6.67. The third kappa shape index (κ3) is 5.29. The van der Waals surface area contributed by atoms with Gasteiger partial charge in [-0.25, -0.2) is 4.98 Å². The summed E-state index contributed by atoms with van der Waals surface area (Å²) in [5.41, 5.74) is 3.77. The summed E-state index contributed by atoms with van der Waals surface area (Å²) >= 11 is 1.55. The van der Waals surface area contributed by atoms with Crippen LogP contribution in [0.4, 0.5) is 5.13 Å². The summed E-state index contributed by atoms with van der Waals surface area (Å²) in [5, 5.41) is 6.40. The van der Waals surface area contributed by atoms with Crippen molar-refractivity contribution in [2.24, 2.45) is 0 Å². The first-order chi connectivity index (χ1) is 12.6. The third-order valence-corrected chi connectivity index (χ3v) is 5.87. The smallest absolute Gasteiger partial charge is 0.225 e. The van der Waals surface area contributed by atoms with Gasteiger partial charge in [0.1, 0.15) is 0 Å². The lowest BCUT2D eigenvalue weighted by molar-refractivity contribution is -0.116. The van der Waals surface area contributed by atoms with Gasteiger partial charge in [-0.05, 0) is 24.5 Å². The Morgan fingerprint density at radius 2 is 2.07 bits per heavy atom. The van der Waals surface area contributed by atoms with E-state index in [1.165, 1.54) is 11.1 Å². The van der Waals surface area contributed by atoms with Gasteiger partial charge >= 0.3 is 0 Å². The highest BCUT2D eigenvalue weighted by Gasteiger charge is 2.25. The summed E-state index contributed by atoms with van der Waals surface area (Å²) in [5.74, 6) is 0.0458. The molecule has 1 N–H and O–H groups in total. The summed E-state index contributed by atoms with van der Waals surface area (Å²) in [4.78, 5) is 20.7. The number of amides is 1. The lowest BCUT2D eigenvalue weighted by atomic mass is 10.0. The summed E-state index contributed by atoms with van der Waals surface area (Å²) in [6, 6.07) is 9.33. The van der Waals surface area contributed by atoms with Crippen LogP contribution in [0.25, 0.3) is 0 Å². The quantitative estimate of drug-likeness (QED) is 0.792. The molecule has 5 nitrogen and oxygen atoms in total. The Hall–Kier alpha value is -1.47. The highest BCUT2D eigenvalue weighted by atomic mass is 35.5. The Morgan fingerprint density at radius 3 is 2.70 bits per heavy atom. The predicted molar refractivity (Wildman–Crippen MR) is 115 cm³/mol. The molecule has 1 fully saturated rings. The van der Waals surface area contributed by atoms with Gasteiger partial charge in [0, 0.05) is 51.1 Å². The second-order valence-corrected chi connectivity index (χ2v) is 7.51. The number of thiazole rings is 1. The minimum absolute atomic E-state index is 0. The summed E-state index contributed by atoms with van der Waals surface area (Å²) in [6.45, 7) is 10.2. The fourth-order valence-corrected chi connectivity index (χ4v) is 4.36. The maximum absolute atomic E-state index is 11.7. The largest absolute Gasteiger partial charge is 0.314 e. The van der Waals surface area contributed by atoms with E-state index < -0.39 is 0 Å². The van der Waals surface area contributed by atoms with Gasteiger partial charge in [0.05, 0.1) is 5.69 Å². The molecule has 3 rings (SSSR count). The number of halogens is 1. The molecule has 1 aliphatic rings. The number of benzene rings is 1. The molecule has 0 spiro atoms. The van der Waals surface area contributed by atoms with Gasteiger partial charge in [-0.15, -0.1) is 23.7 Å². The molecule has 1 amide bonds. The maximum atomic E-state index is 11.7. The van der Waals surface area contributed by atoms with Crippen molar-refractivity contribution in [3.8, 4) is 0 Å². The van der Waals surface area contributed by atoms with Gasteiger partial charge in [0.2, 0.25) is 5.91 Å². The van der Waals surface area contributed by atoms with Crippen molar-refractivity contribution in [3.63, 3.8) is 0 Å². The highest BCUT2D eigenvalue weighted by molar-refractivity contribution is 7.14. The van der Waals surface area contributed by atoms with Crippen LogP contribution in [0, 0.1) is 0 Å². The first-order valence-corrected chi connectivity index (χ1v) is 10.3.